The first-order valence-corrected chi connectivity index (χ1v) is 8.01. The predicted molar refractivity (Wildman–Crippen MR) is 84.1 cm³/mol. The minimum Gasteiger partial charge on any atom is -0.326 e. The van der Waals surface area contributed by atoms with Crippen LogP contribution in [0.15, 0.2) is 12.7 Å². The molecule has 23 heavy (non-hydrogen) atoms. The number of rotatable bonds is 5. The van der Waals surface area contributed by atoms with Crippen molar-refractivity contribution in [3.63, 3.8) is 0 Å². The molecule has 0 bridgehead atoms. The van der Waals surface area contributed by atoms with E-state index in [-0.39, 0.29) is 18.1 Å². The molecule has 0 spiro atoms. The molecule has 0 radical (unpaired) electrons. The quantitative estimate of drug-likeness (QED) is 0.871. The van der Waals surface area contributed by atoms with Gasteiger partial charge >= 0.3 is 0 Å². The molecular weight excluding hydrogens is 299 g/mol. The molecule has 0 unspecified atom stereocenters. The van der Waals surface area contributed by atoms with Crippen LogP contribution in [0.25, 0.3) is 0 Å². The lowest BCUT2D eigenvalue weighted by Gasteiger charge is -2.21. The predicted octanol–water partition coefficient (Wildman–Crippen LogP) is 0.949. The molecule has 3 rings (SSSR count). The average Bonchev–Trinajstić information content (AvgIpc) is 3.26. The van der Waals surface area contributed by atoms with E-state index in [1.165, 1.54) is 0 Å². The van der Waals surface area contributed by atoms with Gasteiger partial charge in [0.25, 0.3) is 0 Å². The van der Waals surface area contributed by atoms with Gasteiger partial charge in [0.2, 0.25) is 5.91 Å². The standard InChI is InChI=1S/C15H22N6O.FH.H2/c16-7-14-2-1-5-21(14)15(22)8-18-13-4-3-12(6-13)9-20-11-17-10-19-20;;/h10-14,18H,1-6,8-9H2;2*1H/t12-,13+,14-;;/m0../s1. The van der Waals surface area contributed by atoms with Crippen LogP contribution in [0.4, 0.5) is 4.70 Å². The Labute approximate surface area is 136 Å². The largest absolute Gasteiger partial charge is 0.326 e. The number of carbonyl (C=O) groups excluding carboxylic acids is 1. The zero-order valence-electron chi connectivity index (χ0n) is 13.1. The van der Waals surface area contributed by atoms with E-state index in [4.69, 9.17) is 5.26 Å². The van der Waals surface area contributed by atoms with Crippen molar-refractivity contribution < 1.29 is 10.9 Å². The first-order chi connectivity index (χ1) is 10.8. The number of nitriles is 1. The number of aromatic nitrogens is 3. The summed E-state index contributed by atoms with van der Waals surface area (Å²) in [7, 11) is 0. The van der Waals surface area contributed by atoms with E-state index in [2.05, 4.69) is 21.5 Å². The smallest absolute Gasteiger partial charge is 0.237 e. The molecule has 2 fully saturated rings. The molecule has 2 aliphatic rings. The molecule has 1 aliphatic heterocycles. The minimum atomic E-state index is -0.224. The highest BCUT2D eigenvalue weighted by molar-refractivity contribution is 5.79. The van der Waals surface area contributed by atoms with Gasteiger partial charge in [0.1, 0.15) is 18.7 Å². The minimum absolute atomic E-state index is 0. The van der Waals surface area contributed by atoms with Crippen LogP contribution >= 0.6 is 0 Å². The molecule has 1 saturated carbocycles. The van der Waals surface area contributed by atoms with Gasteiger partial charge in [0, 0.05) is 20.6 Å². The number of nitrogens with zero attached hydrogens (tertiary/aromatic N) is 5. The molecule has 128 valence electrons. The monoisotopic (exact) mass is 324 g/mol. The van der Waals surface area contributed by atoms with Gasteiger partial charge in [-0.05, 0) is 38.0 Å². The Balaban J connectivity index is 0.00000144. The number of likely N-dealkylation sites (tertiary alicyclic amines) is 1. The fourth-order valence-electron chi connectivity index (χ4n) is 3.55. The Morgan fingerprint density at radius 1 is 1.43 bits per heavy atom. The number of hydrogen-bond donors (Lipinski definition) is 1. The van der Waals surface area contributed by atoms with Crippen LogP contribution in [-0.2, 0) is 11.3 Å². The SMILES string of the molecule is F.N#C[C@@H]1CCCN1C(=O)CN[C@@H]1CC[C@H](Cn2cncn2)C1.[HH]. The number of hydrogen-bond acceptors (Lipinski definition) is 5. The second kappa shape index (κ2) is 8.02. The normalized spacial score (nSPS) is 26.7. The molecule has 1 aromatic heterocycles. The first kappa shape index (κ1) is 17.3. The number of carbonyl (C=O) groups is 1. The molecule has 1 saturated heterocycles. The summed E-state index contributed by atoms with van der Waals surface area (Å²) < 4.78 is 1.87. The van der Waals surface area contributed by atoms with Crippen LogP contribution in [0.1, 0.15) is 33.5 Å². The Morgan fingerprint density at radius 2 is 2.30 bits per heavy atom. The number of nitrogens with one attached hydrogen (secondary N) is 1. The maximum Gasteiger partial charge on any atom is 0.237 e. The zero-order chi connectivity index (χ0) is 15.4. The number of halogens is 1. The number of amides is 1. The van der Waals surface area contributed by atoms with Gasteiger partial charge in [-0.2, -0.15) is 10.4 Å². The maximum absolute atomic E-state index is 12.2. The summed E-state index contributed by atoms with van der Waals surface area (Å²) in [4.78, 5) is 17.9. The molecule has 1 N–H and O–H groups in total. The Kier molecular flexibility index (Phi) is 6.04. The van der Waals surface area contributed by atoms with Crippen molar-refractivity contribution in [1.82, 2.24) is 25.0 Å². The van der Waals surface area contributed by atoms with Crippen LogP contribution in [-0.4, -0.2) is 50.7 Å². The Morgan fingerprint density at radius 3 is 3.04 bits per heavy atom. The highest BCUT2D eigenvalue weighted by atomic mass is 19.0. The molecule has 1 amide bonds. The maximum atomic E-state index is 12.2. The molecule has 8 heteroatoms. The van der Waals surface area contributed by atoms with E-state index < -0.39 is 0 Å². The molecule has 2 heterocycles. The summed E-state index contributed by atoms with van der Waals surface area (Å²) in [6.45, 7) is 1.96. The molecule has 3 atom stereocenters. The van der Waals surface area contributed by atoms with Crippen molar-refractivity contribution in [2.24, 2.45) is 5.92 Å². The van der Waals surface area contributed by atoms with Crippen LogP contribution in [0.5, 0.6) is 0 Å². The van der Waals surface area contributed by atoms with Gasteiger partial charge in [0.15, 0.2) is 0 Å². The highest BCUT2D eigenvalue weighted by Crippen LogP contribution is 2.26. The molecule has 1 aromatic rings. The average molecular weight is 324 g/mol. The Bertz CT molecular complexity index is 549. The van der Waals surface area contributed by atoms with Crippen molar-refractivity contribution in [2.45, 2.75) is 50.7 Å². The summed E-state index contributed by atoms with van der Waals surface area (Å²) in [5, 5.41) is 16.6. The zero-order valence-corrected chi connectivity index (χ0v) is 13.1. The lowest BCUT2D eigenvalue weighted by Crippen LogP contribution is -2.42. The van der Waals surface area contributed by atoms with Crippen molar-refractivity contribution >= 4 is 5.91 Å². The fraction of sp³-hybridized carbons (Fsp3) is 0.733. The Hall–Kier alpha value is -2.01. The molecular formula is C15H25FN6O. The van der Waals surface area contributed by atoms with Crippen LogP contribution in [0.3, 0.4) is 0 Å². The summed E-state index contributed by atoms with van der Waals surface area (Å²) in [5.74, 6) is 0.650. The third kappa shape index (κ3) is 4.26. The lowest BCUT2D eigenvalue weighted by molar-refractivity contribution is -0.130. The fourth-order valence-corrected chi connectivity index (χ4v) is 3.55. The first-order valence-electron chi connectivity index (χ1n) is 8.01. The van der Waals surface area contributed by atoms with Crippen LogP contribution in [0.2, 0.25) is 0 Å². The van der Waals surface area contributed by atoms with Crippen LogP contribution < -0.4 is 5.32 Å². The topological polar surface area (TPSA) is 86.8 Å². The molecule has 7 nitrogen and oxygen atoms in total. The van der Waals surface area contributed by atoms with Crippen LogP contribution in [0, 0.1) is 17.2 Å². The van der Waals surface area contributed by atoms with E-state index in [1.807, 2.05) is 4.68 Å². The lowest BCUT2D eigenvalue weighted by atomic mass is 10.1. The van der Waals surface area contributed by atoms with E-state index in [0.29, 0.717) is 18.5 Å². The van der Waals surface area contributed by atoms with Crippen molar-refractivity contribution in [3.05, 3.63) is 12.7 Å². The summed E-state index contributed by atoms with van der Waals surface area (Å²) >= 11 is 0. The van der Waals surface area contributed by atoms with Crippen molar-refractivity contribution in [2.75, 3.05) is 13.1 Å². The van der Waals surface area contributed by atoms with Gasteiger partial charge in [-0.1, -0.05) is 0 Å². The summed E-state index contributed by atoms with van der Waals surface area (Å²) in [6, 6.07) is 2.38. The van der Waals surface area contributed by atoms with Gasteiger partial charge in [0.05, 0.1) is 12.6 Å². The van der Waals surface area contributed by atoms with E-state index in [9.17, 15) is 4.79 Å². The van der Waals surface area contributed by atoms with E-state index in [1.54, 1.807) is 17.6 Å². The second-order valence-electron chi connectivity index (χ2n) is 6.25. The van der Waals surface area contributed by atoms with Gasteiger partial charge < -0.3 is 10.2 Å². The van der Waals surface area contributed by atoms with E-state index >= 15 is 0 Å². The molecule has 0 aromatic carbocycles. The summed E-state index contributed by atoms with van der Waals surface area (Å²) in [6.07, 6.45) is 8.36. The second-order valence-corrected chi connectivity index (χ2v) is 6.25. The van der Waals surface area contributed by atoms with Gasteiger partial charge in [-0.3, -0.25) is 14.2 Å². The van der Waals surface area contributed by atoms with E-state index in [0.717, 1.165) is 45.2 Å². The van der Waals surface area contributed by atoms with Crippen molar-refractivity contribution in [1.29, 1.82) is 5.26 Å². The van der Waals surface area contributed by atoms with Crippen molar-refractivity contribution in [3.8, 4) is 6.07 Å². The third-order valence-corrected chi connectivity index (χ3v) is 4.72. The molecule has 1 aliphatic carbocycles. The van der Waals surface area contributed by atoms with Gasteiger partial charge in [-0.15, -0.1) is 0 Å². The highest BCUT2D eigenvalue weighted by Gasteiger charge is 2.30. The summed E-state index contributed by atoms with van der Waals surface area (Å²) in [5.41, 5.74) is 0. The van der Waals surface area contributed by atoms with Gasteiger partial charge in [-0.25, -0.2) is 4.98 Å². The third-order valence-electron chi connectivity index (χ3n) is 4.72.